The van der Waals surface area contributed by atoms with Crippen LogP contribution in [-0.2, 0) is 33.6 Å². The van der Waals surface area contributed by atoms with Gasteiger partial charge in [-0.1, -0.05) is 18.2 Å². The number of aryl methyl sites for hydroxylation is 2. The Morgan fingerprint density at radius 3 is 2.60 bits per heavy atom. The fraction of sp³-hybridized carbons (Fsp3) is 0.300. The molecule has 2 N–H and O–H groups in total. The molecular weight excluding hydrogens is 318 g/mol. The van der Waals surface area contributed by atoms with Crippen LogP contribution in [0.5, 0.6) is 5.75 Å². The molecule has 0 fully saturated rings. The number of anilines is 1. The molecule has 1 atom stereocenters. The summed E-state index contributed by atoms with van der Waals surface area (Å²) < 4.78 is 5.20. The van der Waals surface area contributed by atoms with Crippen molar-refractivity contribution in [3.63, 3.8) is 0 Å². The fourth-order valence-electron chi connectivity index (χ4n) is 2.97. The smallest absolute Gasteiger partial charge is 0.311 e. The van der Waals surface area contributed by atoms with Crippen LogP contribution in [0, 0.1) is 0 Å². The van der Waals surface area contributed by atoms with Gasteiger partial charge in [0, 0.05) is 5.69 Å². The SMILES string of the molecule is C[C@@H](OC(=O)Cc1ccc(O)cc1)C(=O)Nc1ccc2c(c1)CCC2. The van der Waals surface area contributed by atoms with Crippen LogP contribution >= 0.6 is 0 Å². The van der Waals surface area contributed by atoms with E-state index in [0.29, 0.717) is 5.56 Å². The summed E-state index contributed by atoms with van der Waals surface area (Å²) in [5.41, 5.74) is 4.06. The van der Waals surface area contributed by atoms with Crippen LogP contribution in [0.3, 0.4) is 0 Å². The van der Waals surface area contributed by atoms with Crippen molar-refractivity contribution in [1.29, 1.82) is 0 Å². The zero-order valence-corrected chi connectivity index (χ0v) is 14.1. The van der Waals surface area contributed by atoms with Crippen LogP contribution in [-0.4, -0.2) is 23.1 Å². The number of benzene rings is 2. The van der Waals surface area contributed by atoms with Crippen LogP contribution in [0.25, 0.3) is 0 Å². The summed E-state index contributed by atoms with van der Waals surface area (Å²) in [6.07, 6.45) is 2.46. The van der Waals surface area contributed by atoms with Gasteiger partial charge in [-0.3, -0.25) is 9.59 Å². The Morgan fingerprint density at radius 2 is 1.84 bits per heavy atom. The maximum absolute atomic E-state index is 12.2. The number of rotatable bonds is 5. The number of nitrogens with one attached hydrogen (secondary N) is 1. The predicted octanol–water partition coefficient (Wildman–Crippen LogP) is 2.99. The van der Waals surface area contributed by atoms with Crippen molar-refractivity contribution >= 4 is 17.6 Å². The van der Waals surface area contributed by atoms with Crippen LogP contribution in [0.1, 0.15) is 30.0 Å². The standard InChI is InChI=1S/C20H21NO4/c1-13(25-19(23)11-14-5-9-18(22)10-6-14)20(24)21-17-8-7-15-3-2-4-16(15)12-17/h5-10,12-13,22H,2-4,11H2,1H3,(H,21,24)/t13-/m1/s1. The van der Waals surface area contributed by atoms with E-state index in [4.69, 9.17) is 4.74 Å². The minimum absolute atomic E-state index is 0.0523. The van der Waals surface area contributed by atoms with Gasteiger partial charge < -0.3 is 15.2 Å². The first-order chi connectivity index (χ1) is 12.0. The zero-order valence-electron chi connectivity index (χ0n) is 14.1. The Morgan fingerprint density at radius 1 is 1.12 bits per heavy atom. The number of phenols is 1. The highest BCUT2D eigenvalue weighted by atomic mass is 16.5. The normalized spacial score (nSPS) is 13.8. The van der Waals surface area contributed by atoms with Crippen molar-refractivity contribution in [2.24, 2.45) is 0 Å². The molecule has 2 aromatic rings. The number of esters is 1. The molecule has 0 spiro atoms. The quantitative estimate of drug-likeness (QED) is 0.821. The van der Waals surface area contributed by atoms with Gasteiger partial charge in [-0.15, -0.1) is 0 Å². The molecule has 1 amide bonds. The zero-order chi connectivity index (χ0) is 17.8. The largest absolute Gasteiger partial charge is 0.508 e. The van der Waals surface area contributed by atoms with E-state index in [-0.39, 0.29) is 18.1 Å². The van der Waals surface area contributed by atoms with Crippen molar-refractivity contribution < 1.29 is 19.4 Å². The van der Waals surface area contributed by atoms with E-state index in [1.807, 2.05) is 18.2 Å². The molecule has 0 saturated heterocycles. The first kappa shape index (κ1) is 17.0. The molecule has 0 aliphatic heterocycles. The summed E-state index contributed by atoms with van der Waals surface area (Å²) in [7, 11) is 0. The third kappa shape index (κ3) is 4.38. The number of hydrogen-bond acceptors (Lipinski definition) is 4. The number of amides is 1. The minimum Gasteiger partial charge on any atom is -0.508 e. The lowest BCUT2D eigenvalue weighted by Crippen LogP contribution is -2.30. The van der Waals surface area contributed by atoms with Gasteiger partial charge in [-0.25, -0.2) is 0 Å². The molecule has 3 rings (SSSR count). The predicted molar refractivity (Wildman–Crippen MR) is 94.5 cm³/mol. The summed E-state index contributed by atoms with van der Waals surface area (Å²) >= 11 is 0. The summed E-state index contributed by atoms with van der Waals surface area (Å²) in [5, 5.41) is 12.0. The molecule has 0 aromatic heterocycles. The van der Waals surface area contributed by atoms with E-state index < -0.39 is 12.1 Å². The summed E-state index contributed by atoms with van der Waals surface area (Å²) in [6, 6.07) is 12.2. The van der Waals surface area contributed by atoms with Gasteiger partial charge in [0.15, 0.2) is 6.10 Å². The molecule has 0 unspecified atom stereocenters. The first-order valence-electron chi connectivity index (χ1n) is 8.41. The van der Waals surface area contributed by atoms with Gasteiger partial charge >= 0.3 is 5.97 Å². The molecule has 1 aliphatic carbocycles. The van der Waals surface area contributed by atoms with Gasteiger partial charge in [-0.2, -0.15) is 0 Å². The maximum Gasteiger partial charge on any atom is 0.311 e. The Hall–Kier alpha value is -2.82. The van der Waals surface area contributed by atoms with Crippen molar-refractivity contribution in [2.45, 2.75) is 38.7 Å². The highest BCUT2D eigenvalue weighted by Crippen LogP contribution is 2.25. The number of hydrogen-bond donors (Lipinski definition) is 2. The molecule has 0 heterocycles. The maximum atomic E-state index is 12.2. The molecule has 5 heteroatoms. The molecule has 0 bridgehead atoms. The van der Waals surface area contributed by atoms with Crippen LogP contribution < -0.4 is 5.32 Å². The van der Waals surface area contributed by atoms with Crippen LogP contribution in [0.4, 0.5) is 5.69 Å². The fourth-order valence-corrected chi connectivity index (χ4v) is 2.97. The Balaban J connectivity index is 1.53. The second-order valence-electron chi connectivity index (χ2n) is 6.30. The molecule has 0 saturated carbocycles. The molecule has 5 nitrogen and oxygen atoms in total. The number of phenolic OH excluding ortho intramolecular Hbond substituents is 1. The topological polar surface area (TPSA) is 75.6 Å². The molecule has 0 radical (unpaired) electrons. The number of ether oxygens (including phenoxy) is 1. The lowest BCUT2D eigenvalue weighted by atomic mass is 10.1. The van der Waals surface area contributed by atoms with Gasteiger partial charge in [0.1, 0.15) is 5.75 Å². The van der Waals surface area contributed by atoms with E-state index in [2.05, 4.69) is 5.32 Å². The van der Waals surface area contributed by atoms with Gasteiger partial charge in [0.05, 0.1) is 6.42 Å². The second kappa shape index (κ2) is 7.38. The van der Waals surface area contributed by atoms with Crippen molar-refractivity contribution in [3.05, 3.63) is 59.2 Å². The number of fused-ring (bicyclic) bond motifs is 1. The highest BCUT2D eigenvalue weighted by molar-refractivity contribution is 5.95. The van der Waals surface area contributed by atoms with Crippen molar-refractivity contribution in [2.75, 3.05) is 5.32 Å². The number of carbonyl (C=O) groups is 2. The lowest BCUT2D eigenvalue weighted by Gasteiger charge is -2.14. The van der Waals surface area contributed by atoms with E-state index in [1.54, 1.807) is 19.1 Å². The van der Waals surface area contributed by atoms with Gasteiger partial charge in [0.2, 0.25) is 0 Å². The average Bonchev–Trinajstić information content (AvgIpc) is 3.04. The van der Waals surface area contributed by atoms with E-state index >= 15 is 0 Å². The number of aromatic hydroxyl groups is 1. The summed E-state index contributed by atoms with van der Waals surface area (Å²) in [5.74, 6) is -0.696. The number of carbonyl (C=O) groups excluding carboxylic acids is 2. The lowest BCUT2D eigenvalue weighted by molar-refractivity contribution is -0.152. The molecule has 25 heavy (non-hydrogen) atoms. The summed E-state index contributed by atoms with van der Waals surface area (Å²) in [6.45, 7) is 1.55. The molecule has 130 valence electrons. The first-order valence-corrected chi connectivity index (χ1v) is 8.41. The third-order valence-corrected chi connectivity index (χ3v) is 4.33. The third-order valence-electron chi connectivity index (χ3n) is 4.33. The van der Waals surface area contributed by atoms with Crippen LogP contribution in [0.2, 0.25) is 0 Å². The summed E-state index contributed by atoms with van der Waals surface area (Å²) in [4.78, 5) is 24.2. The molecular formula is C20H21NO4. The monoisotopic (exact) mass is 339 g/mol. The Bertz CT molecular complexity index is 783. The van der Waals surface area contributed by atoms with Gasteiger partial charge in [-0.05, 0) is 67.1 Å². The van der Waals surface area contributed by atoms with Crippen molar-refractivity contribution in [1.82, 2.24) is 0 Å². The van der Waals surface area contributed by atoms with E-state index in [1.165, 1.54) is 23.3 Å². The van der Waals surface area contributed by atoms with E-state index in [9.17, 15) is 14.7 Å². The minimum atomic E-state index is -0.877. The van der Waals surface area contributed by atoms with Gasteiger partial charge in [0.25, 0.3) is 5.91 Å². The van der Waals surface area contributed by atoms with Crippen LogP contribution in [0.15, 0.2) is 42.5 Å². The molecule has 2 aromatic carbocycles. The Labute approximate surface area is 146 Å². The second-order valence-corrected chi connectivity index (χ2v) is 6.30. The average molecular weight is 339 g/mol. The highest BCUT2D eigenvalue weighted by Gasteiger charge is 2.19. The van der Waals surface area contributed by atoms with E-state index in [0.717, 1.165) is 24.9 Å². The Kier molecular flexibility index (Phi) is 5.03. The van der Waals surface area contributed by atoms with Crippen molar-refractivity contribution in [3.8, 4) is 5.75 Å². The molecule has 1 aliphatic rings.